The number of hydrogen-bond donors (Lipinski definition) is 1. The van der Waals surface area contributed by atoms with Crippen LogP contribution in [0.3, 0.4) is 0 Å². The van der Waals surface area contributed by atoms with Crippen molar-refractivity contribution in [3.05, 3.63) is 34.6 Å². The Bertz CT molecular complexity index is 628. The third-order valence-corrected chi connectivity index (χ3v) is 4.84. The molecule has 2 aliphatic rings. The van der Waals surface area contributed by atoms with Crippen LogP contribution in [0.25, 0.3) is 0 Å². The lowest BCUT2D eigenvalue weighted by Gasteiger charge is -2.34. The number of hydrogen-bond acceptors (Lipinski definition) is 3. The lowest BCUT2D eigenvalue weighted by molar-refractivity contribution is -0.132. The van der Waals surface area contributed by atoms with Crippen LogP contribution in [-0.4, -0.2) is 60.4 Å². The normalized spacial score (nSPS) is 18.5. The van der Waals surface area contributed by atoms with Gasteiger partial charge in [-0.3, -0.25) is 14.5 Å². The number of piperazine rings is 1. The molecule has 7 heteroatoms. The summed E-state index contributed by atoms with van der Waals surface area (Å²) in [5.74, 6) is -0.834. The highest BCUT2D eigenvalue weighted by molar-refractivity contribution is 6.33. The Balaban J connectivity index is 1.41. The summed E-state index contributed by atoms with van der Waals surface area (Å²) >= 11 is 5.85. The van der Waals surface area contributed by atoms with Crippen molar-refractivity contribution in [1.82, 2.24) is 15.1 Å². The van der Waals surface area contributed by atoms with Gasteiger partial charge in [-0.2, -0.15) is 0 Å². The second kappa shape index (κ2) is 7.49. The fraction of sp³-hybridized carbons (Fsp3) is 0.529. The Labute approximate surface area is 145 Å². The first-order valence-corrected chi connectivity index (χ1v) is 8.67. The van der Waals surface area contributed by atoms with Crippen LogP contribution in [-0.2, 0) is 4.79 Å². The lowest BCUT2D eigenvalue weighted by atomic mass is 10.2. The molecule has 0 radical (unpaired) electrons. The number of nitrogens with one attached hydrogen (secondary N) is 1. The van der Waals surface area contributed by atoms with Gasteiger partial charge in [-0.25, -0.2) is 4.39 Å². The molecular formula is C17H21ClFN3O2. The highest BCUT2D eigenvalue weighted by atomic mass is 35.5. The van der Waals surface area contributed by atoms with E-state index >= 15 is 0 Å². The van der Waals surface area contributed by atoms with E-state index in [4.69, 9.17) is 11.6 Å². The predicted molar refractivity (Wildman–Crippen MR) is 89.5 cm³/mol. The Morgan fingerprint density at radius 3 is 2.54 bits per heavy atom. The van der Waals surface area contributed by atoms with Gasteiger partial charge in [-0.15, -0.1) is 0 Å². The van der Waals surface area contributed by atoms with Crippen LogP contribution in [0.2, 0.25) is 5.02 Å². The van der Waals surface area contributed by atoms with Gasteiger partial charge in [0.25, 0.3) is 5.91 Å². The molecule has 1 aliphatic carbocycles. The monoisotopic (exact) mass is 353 g/mol. The van der Waals surface area contributed by atoms with Crippen molar-refractivity contribution in [1.29, 1.82) is 0 Å². The zero-order valence-electron chi connectivity index (χ0n) is 13.4. The number of benzene rings is 1. The molecule has 1 saturated carbocycles. The van der Waals surface area contributed by atoms with Gasteiger partial charge in [0.05, 0.1) is 10.6 Å². The van der Waals surface area contributed by atoms with Crippen molar-refractivity contribution in [2.45, 2.75) is 25.3 Å². The molecule has 0 aromatic heterocycles. The molecule has 0 bridgehead atoms. The van der Waals surface area contributed by atoms with Crippen LogP contribution in [0.4, 0.5) is 4.39 Å². The zero-order valence-corrected chi connectivity index (χ0v) is 14.2. The molecule has 1 aliphatic heterocycles. The molecule has 2 amide bonds. The molecule has 130 valence electrons. The minimum Gasteiger partial charge on any atom is -0.351 e. The number of amides is 2. The van der Waals surface area contributed by atoms with Gasteiger partial charge in [0.1, 0.15) is 5.82 Å². The van der Waals surface area contributed by atoms with E-state index in [1.165, 1.54) is 25.0 Å². The van der Waals surface area contributed by atoms with E-state index in [1.807, 2.05) is 4.90 Å². The molecule has 0 spiro atoms. The van der Waals surface area contributed by atoms with Crippen LogP contribution in [0.1, 0.15) is 29.6 Å². The minimum atomic E-state index is -0.489. The molecule has 0 atom stereocenters. The van der Waals surface area contributed by atoms with Crippen molar-refractivity contribution < 1.29 is 14.0 Å². The first-order valence-electron chi connectivity index (χ1n) is 8.29. The van der Waals surface area contributed by atoms with Crippen LogP contribution < -0.4 is 5.32 Å². The molecule has 1 saturated heterocycles. The summed E-state index contributed by atoms with van der Waals surface area (Å²) in [7, 11) is 0. The summed E-state index contributed by atoms with van der Waals surface area (Å²) in [4.78, 5) is 28.5. The highest BCUT2D eigenvalue weighted by Crippen LogP contribution is 2.27. The maximum Gasteiger partial charge on any atom is 0.252 e. The zero-order chi connectivity index (χ0) is 17.1. The third-order valence-electron chi connectivity index (χ3n) is 4.53. The third kappa shape index (κ3) is 4.24. The minimum absolute atomic E-state index is 0.0518. The van der Waals surface area contributed by atoms with E-state index < -0.39 is 11.7 Å². The maximum atomic E-state index is 13.0. The number of carbonyl (C=O) groups excluding carboxylic acids is 2. The van der Waals surface area contributed by atoms with Gasteiger partial charge in [0, 0.05) is 45.2 Å². The summed E-state index contributed by atoms with van der Waals surface area (Å²) in [6.07, 6.45) is 2.83. The van der Waals surface area contributed by atoms with Crippen molar-refractivity contribution in [3.8, 4) is 0 Å². The van der Waals surface area contributed by atoms with Crippen LogP contribution in [0.5, 0.6) is 0 Å². The number of carbonyl (C=O) groups is 2. The molecule has 2 fully saturated rings. The quantitative estimate of drug-likeness (QED) is 0.879. The van der Waals surface area contributed by atoms with E-state index in [2.05, 4.69) is 10.2 Å². The number of rotatable bonds is 5. The molecule has 3 rings (SSSR count). The first kappa shape index (κ1) is 17.2. The SMILES string of the molecule is O=C(NCCC(=O)N1CCN(C2CC2)CC1)c1ccc(F)cc1Cl. The Kier molecular flexibility index (Phi) is 5.36. The maximum absolute atomic E-state index is 13.0. The molecule has 0 unspecified atom stereocenters. The predicted octanol–water partition coefficient (Wildman–Crippen LogP) is 1.91. The molecule has 1 aromatic carbocycles. The molecule has 1 N–H and O–H groups in total. The van der Waals surface area contributed by atoms with Crippen LogP contribution >= 0.6 is 11.6 Å². The van der Waals surface area contributed by atoms with E-state index in [0.29, 0.717) is 0 Å². The van der Waals surface area contributed by atoms with Crippen molar-refractivity contribution in [2.24, 2.45) is 0 Å². The van der Waals surface area contributed by atoms with Gasteiger partial charge >= 0.3 is 0 Å². The van der Waals surface area contributed by atoms with Gasteiger partial charge in [-0.05, 0) is 31.0 Å². The average Bonchev–Trinajstić information content (AvgIpc) is 3.39. The van der Waals surface area contributed by atoms with Crippen LogP contribution in [0, 0.1) is 5.82 Å². The molecule has 1 aromatic rings. The lowest BCUT2D eigenvalue weighted by Crippen LogP contribution is -2.49. The van der Waals surface area contributed by atoms with Gasteiger partial charge < -0.3 is 10.2 Å². The van der Waals surface area contributed by atoms with Crippen molar-refractivity contribution in [3.63, 3.8) is 0 Å². The van der Waals surface area contributed by atoms with Crippen LogP contribution in [0.15, 0.2) is 18.2 Å². The van der Waals surface area contributed by atoms with E-state index in [9.17, 15) is 14.0 Å². The van der Waals surface area contributed by atoms with E-state index in [1.54, 1.807) is 0 Å². The van der Waals surface area contributed by atoms with Crippen molar-refractivity contribution >= 4 is 23.4 Å². The smallest absolute Gasteiger partial charge is 0.252 e. The van der Waals surface area contributed by atoms with E-state index in [0.717, 1.165) is 38.3 Å². The summed E-state index contributed by atoms with van der Waals surface area (Å²) in [6, 6.07) is 4.36. The number of nitrogens with zero attached hydrogens (tertiary/aromatic N) is 2. The summed E-state index contributed by atoms with van der Waals surface area (Å²) in [5, 5.41) is 2.73. The topological polar surface area (TPSA) is 52.7 Å². The van der Waals surface area contributed by atoms with Crippen molar-refractivity contribution in [2.75, 3.05) is 32.7 Å². The average molecular weight is 354 g/mol. The largest absolute Gasteiger partial charge is 0.351 e. The molecule has 24 heavy (non-hydrogen) atoms. The fourth-order valence-corrected chi connectivity index (χ4v) is 3.24. The Morgan fingerprint density at radius 1 is 1.21 bits per heavy atom. The van der Waals surface area contributed by atoms with Gasteiger partial charge in [0.15, 0.2) is 0 Å². The highest BCUT2D eigenvalue weighted by Gasteiger charge is 2.32. The Hall–Kier alpha value is -1.66. The standard InChI is InChI=1S/C17H21ClFN3O2/c18-15-11-12(19)1-4-14(15)17(24)20-6-5-16(23)22-9-7-21(8-10-22)13-2-3-13/h1,4,11,13H,2-3,5-10H2,(H,20,24). The fourth-order valence-electron chi connectivity index (χ4n) is 2.99. The summed E-state index contributed by atoms with van der Waals surface area (Å²) in [6.45, 7) is 3.64. The summed E-state index contributed by atoms with van der Waals surface area (Å²) < 4.78 is 13.0. The van der Waals surface area contributed by atoms with Gasteiger partial charge in [-0.1, -0.05) is 11.6 Å². The molecule has 1 heterocycles. The summed E-state index contributed by atoms with van der Waals surface area (Å²) in [5.41, 5.74) is 0.212. The van der Waals surface area contributed by atoms with E-state index in [-0.39, 0.29) is 29.5 Å². The second-order valence-corrected chi connectivity index (χ2v) is 6.69. The van der Waals surface area contributed by atoms with Gasteiger partial charge in [0.2, 0.25) is 5.91 Å². The first-order chi connectivity index (χ1) is 11.5. The number of halogens is 2. The second-order valence-electron chi connectivity index (χ2n) is 6.28. The molecular weight excluding hydrogens is 333 g/mol. The molecule has 5 nitrogen and oxygen atoms in total. The Morgan fingerprint density at radius 2 is 1.92 bits per heavy atom.